The van der Waals surface area contributed by atoms with Crippen molar-refractivity contribution in [3.8, 4) is 0 Å². The molecule has 0 saturated heterocycles. The van der Waals surface area contributed by atoms with Gasteiger partial charge >= 0.3 is 5.97 Å². The molecular formula is C15H18N2O3. The molecule has 3 rings (SSSR count). The fraction of sp³-hybridized carbons (Fsp3) is 0.467. The summed E-state index contributed by atoms with van der Waals surface area (Å²) in [6, 6.07) is 4.23. The monoisotopic (exact) mass is 274 g/mol. The quantitative estimate of drug-likeness (QED) is 0.867. The van der Waals surface area contributed by atoms with Crippen LogP contribution in [0, 0.1) is 0 Å². The highest BCUT2D eigenvalue weighted by Gasteiger charge is 2.13. The molecule has 5 heteroatoms. The van der Waals surface area contributed by atoms with Gasteiger partial charge in [0.15, 0.2) is 0 Å². The van der Waals surface area contributed by atoms with Crippen LogP contribution in [0.3, 0.4) is 0 Å². The molecule has 0 radical (unpaired) electrons. The normalized spacial score (nSPS) is 14.8. The SMILES string of the molecule is CCOC(=O)Cc1nc2cc3c(cc2[nH]1)CCOCC3. The number of aromatic nitrogens is 2. The van der Waals surface area contributed by atoms with Gasteiger partial charge in [-0.05, 0) is 43.0 Å². The third-order valence-corrected chi connectivity index (χ3v) is 3.50. The van der Waals surface area contributed by atoms with Gasteiger partial charge in [0, 0.05) is 0 Å². The van der Waals surface area contributed by atoms with E-state index in [0.717, 1.165) is 37.1 Å². The Balaban J connectivity index is 1.89. The molecule has 0 unspecified atom stereocenters. The summed E-state index contributed by atoms with van der Waals surface area (Å²) in [7, 11) is 0. The van der Waals surface area contributed by atoms with E-state index >= 15 is 0 Å². The van der Waals surface area contributed by atoms with Crippen LogP contribution < -0.4 is 0 Å². The fourth-order valence-electron chi connectivity index (χ4n) is 2.56. The highest BCUT2D eigenvalue weighted by Crippen LogP contribution is 2.21. The lowest BCUT2D eigenvalue weighted by Crippen LogP contribution is -2.08. The first kappa shape index (κ1) is 13.1. The average Bonchev–Trinajstić information content (AvgIpc) is 2.64. The van der Waals surface area contributed by atoms with Gasteiger partial charge in [0.1, 0.15) is 12.2 Å². The highest BCUT2D eigenvalue weighted by atomic mass is 16.5. The molecule has 2 heterocycles. The van der Waals surface area contributed by atoms with E-state index in [1.165, 1.54) is 11.1 Å². The van der Waals surface area contributed by atoms with Crippen LogP contribution in [0.2, 0.25) is 0 Å². The molecule has 2 aromatic rings. The van der Waals surface area contributed by atoms with Crippen molar-refractivity contribution in [3.05, 3.63) is 29.1 Å². The summed E-state index contributed by atoms with van der Waals surface area (Å²) in [5.41, 5.74) is 4.49. The maximum absolute atomic E-state index is 11.5. The molecule has 0 bridgehead atoms. The summed E-state index contributed by atoms with van der Waals surface area (Å²) >= 11 is 0. The largest absolute Gasteiger partial charge is 0.466 e. The Labute approximate surface area is 117 Å². The topological polar surface area (TPSA) is 64.2 Å². The summed E-state index contributed by atoms with van der Waals surface area (Å²) in [6.07, 6.45) is 2.04. The minimum absolute atomic E-state index is 0.191. The Morgan fingerprint density at radius 3 is 2.85 bits per heavy atom. The van der Waals surface area contributed by atoms with Crippen molar-refractivity contribution in [3.63, 3.8) is 0 Å². The number of imidazole rings is 1. The summed E-state index contributed by atoms with van der Waals surface area (Å²) < 4.78 is 10.4. The molecule has 0 spiro atoms. The van der Waals surface area contributed by atoms with Crippen molar-refractivity contribution in [1.29, 1.82) is 0 Å². The van der Waals surface area contributed by atoms with Crippen LogP contribution in [0.5, 0.6) is 0 Å². The first-order chi connectivity index (χ1) is 9.76. The Morgan fingerprint density at radius 2 is 2.10 bits per heavy atom. The Bertz CT molecular complexity index is 590. The van der Waals surface area contributed by atoms with E-state index in [1.807, 2.05) is 0 Å². The van der Waals surface area contributed by atoms with E-state index in [0.29, 0.717) is 12.4 Å². The fourth-order valence-corrected chi connectivity index (χ4v) is 2.56. The zero-order chi connectivity index (χ0) is 13.9. The summed E-state index contributed by atoms with van der Waals surface area (Å²) in [5, 5.41) is 0. The summed E-state index contributed by atoms with van der Waals surface area (Å²) in [5.74, 6) is 0.413. The van der Waals surface area contributed by atoms with E-state index in [9.17, 15) is 4.79 Å². The number of hydrogen-bond acceptors (Lipinski definition) is 4. The second-order valence-electron chi connectivity index (χ2n) is 4.92. The van der Waals surface area contributed by atoms with Crippen LogP contribution >= 0.6 is 0 Å². The van der Waals surface area contributed by atoms with Gasteiger partial charge in [0.05, 0.1) is 30.9 Å². The number of nitrogens with one attached hydrogen (secondary N) is 1. The molecule has 106 valence electrons. The lowest BCUT2D eigenvalue weighted by molar-refractivity contribution is -0.142. The number of hydrogen-bond donors (Lipinski definition) is 1. The number of esters is 1. The number of benzene rings is 1. The predicted molar refractivity (Wildman–Crippen MR) is 74.7 cm³/mol. The number of ether oxygens (including phenoxy) is 2. The Hall–Kier alpha value is -1.88. The second kappa shape index (κ2) is 5.63. The lowest BCUT2D eigenvalue weighted by Gasteiger charge is -2.03. The van der Waals surface area contributed by atoms with Gasteiger partial charge in [0.25, 0.3) is 0 Å². The van der Waals surface area contributed by atoms with Gasteiger partial charge in [-0.1, -0.05) is 0 Å². The molecule has 20 heavy (non-hydrogen) atoms. The molecular weight excluding hydrogens is 256 g/mol. The van der Waals surface area contributed by atoms with Gasteiger partial charge in [-0.2, -0.15) is 0 Å². The minimum atomic E-state index is -0.249. The Kier molecular flexibility index (Phi) is 3.69. The van der Waals surface area contributed by atoms with Gasteiger partial charge in [-0.15, -0.1) is 0 Å². The predicted octanol–water partition coefficient (Wildman–Crippen LogP) is 1.78. The van der Waals surface area contributed by atoms with E-state index in [4.69, 9.17) is 9.47 Å². The third-order valence-electron chi connectivity index (χ3n) is 3.50. The molecule has 0 saturated carbocycles. The van der Waals surface area contributed by atoms with Gasteiger partial charge in [-0.25, -0.2) is 4.98 Å². The molecule has 1 aliphatic rings. The van der Waals surface area contributed by atoms with Gasteiger partial charge < -0.3 is 14.5 Å². The van der Waals surface area contributed by atoms with Crippen LogP contribution in [0.1, 0.15) is 23.9 Å². The lowest BCUT2D eigenvalue weighted by atomic mass is 10.0. The Morgan fingerprint density at radius 1 is 1.35 bits per heavy atom. The van der Waals surface area contributed by atoms with E-state index in [2.05, 4.69) is 22.1 Å². The maximum atomic E-state index is 11.5. The van der Waals surface area contributed by atoms with Crippen molar-refractivity contribution < 1.29 is 14.3 Å². The van der Waals surface area contributed by atoms with Crippen LogP contribution in [-0.4, -0.2) is 35.8 Å². The van der Waals surface area contributed by atoms with Crippen molar-refractivity contribution in [2.45, 2.75) is 26.2 Å². The van der Waals surface area contributed by atoms with Crippen molar-refractivity contribution in [1.82, 2.24) is 9.97 Å². The number of rotatable bonds is 3. The van der Waals surface area contributed by atoms with Crippen LogP contribution in [-0.2, 0) is 33.5 Å². The number of carbonyl (C=O) groups is 1. The van der Waals surface area contributed by atoms with Crippen molar-refractivity contribution in [2.75, 3.05) is 19.8 Å². The molecule has 0 aliphatic carbocycles. The smallest absolute Gasteiger partial charge is 0.313 e. The molecule has 0 amide bonds. The van der Waals surface area contributed by atoms with Crippen LogP contribution in [0.15, 0.2) is 12.1 Å². The molecule has 5 nitrogen and oxygen atoms in total. The standard InChI is InChI=1S/C15H18N2O3/c1-2-20-15(18)9-14-16-12-7-10-3-5-19-6-4-11(10)8-13(12)17-14/h7-8H,2-6,9H2,1H3,(H,16,17). The third kappa shape index (κ3) is 2.67. The molecule has 1 aromatic heterocycles. The van der Waals surface area contributed by atoms with E-state index in [1.54, 1.807) is 6.92 Å². The summed E-state index contributed by atoms with van der Waals surface area (Å²) in [6.45, 7) is 3.73. The molecule has 1 aliphatic heterocycles. The van der Waals surface area contributed by atoms with E-state index in [-0.39, 0.29) is 12.4 Å². The number of H-pyrrole nitrogens is 1. The maximum Gasteiger partial charge on any atom is 0.313 e. The van der Waals surface area contributed by atoms with Gasteiger partial charge in [0.2, 0.25) is 0 Å². The van der Waals surface area contributed by atoms with Crippen LogP contribution in [0.25, 0.3) is 11.0 Å². The number of carbonyl (C=O) groups excluding carboxylic acids is 1. The first-order valence-corrected chi connectivity index (χ1v) is 7.00. The van der Waals surface area contributed by atoms with Crippen molar-refractivity contribution >= 4 is 17.0 Å². The first-order valence-electron chi connectivity index (χ1n) is 7.00. The average molecular weight is 274 g/mol. The molecule has 0 atom stereocenters. The minimum Gasteiger partial charge on any atom is -0.466 e. The van der Waals surface area contributed by atoms with Gasteiger partial charge in [-0.3, -0.25) is 4.79 Å². The van der Waals surface area contributed by atoms with Crippen molar-refractivity contribution in [2.24, 2.45) is 0 Å². The number of fused-ring (bicyclic) bond motifs is 2. The zero-order valence-electron chi connectivity index (χ0n) is 11.6. The van der Waals surface area contributed by atoms with E-state index < -0.39 is 0 Å². The molecule has 0 fully saturated rings. The second-order valence-corrected chi connectivity index (χ2v) is 4.92. The number of aromatic amines is 1. The molecule has 1 aromatic carbocycles. The zero-order valence-corrected chi connectivity index (χ0v) is 11.6. The molecule has 1 N–H and O–H groups in total. The highest BCUT2D eigenvalue weighted by molar-refractivity contribution is 5.79. The number of nitrogens with zero attached hydrogens (tertiary/aromatic N) is 1. The summed E-state index contributed by atoms with van der Waals surface area (Å²) in [4.78, 5) is 19.2. The van der Waals surface area contributed by atoms with Crippen LogP contribution in [0.4, 0.5) is 0 Å².